The van der Waals surface area contributed by atoms with Gasteiger partial charge in [-0.3, -0.25) is 9.59 Å². The molecule has 1 saturated heterocycles. The Bertz CT molecular complexity index is 450. The van der Waals surface area contributed by atoms with E-state index in [1.165, 1.54) is 6.92 Å². The van der Waals surface area contributed by atoms with Crippen molar-refractivity contribution in [1.82, 2.24) is 4.90 Å². The van der Waals surface area contributed by atoms with Gasteiger partial charge >= 0.3 is 0 Å². The summed E-state index contributed by atoms with van der Waals surface area (Å²) in [6, 6.07) is 7.28. The minimum absolute atomic E-state index is 0.000350. The fourth-order valence-corrected chi connectivity index (χ4v) is 2.11. The fourth-order valence-electron chi connectivity index (χ4n) is 2.11. The summed E-state index contributed by atoms with van der Waals surface area (Å²) in [5.41, 5.74) is 1.45. The van der Waals surface area contributed by atoms with Gasteiger partial charge in [0, 0.05) is 18.7 Å². The Labute approximate surface area is 107 Å². The summed E-state index contributed by atoms with van der Waals surface area (Å²) >= 11 is 0. The number of morpholine rings is 1. The summed E-state index contributed by atoms with van der Waals surface area (Å²) < 4.78 is 5.21. The zero-order chi connectivity index (χ0) is 13.0. The Kier molecular flexibility index (Phi) is 4.10. The molecular formula is C14H17NO3. The summed E-state index contributed by atoms with van der Waals surface area (Å²) in [6.07, 6.45) is 0.287. The van der Waals surface area contributed by atoms with Crippen molar-refractivity contribution >= 4 is 11.7 Å². The van der Waals surface area contributed by atoms with Crippen molar-refractivity contribution in [3.8, 4) is 0 Å². The Morgan fingerprint density at radius 2 is 1.89 bits per heavy atom. The Morgan fingerprint density at radius 3 is 2.56 bits per heavy atom. The van der Waals surface area contributed by atoms with Gasteiger partial charge < -0.3 is 9.64 Å². The van der Waals surface area contributed by atoms with E-state index in [1.807, 2.05) is 18.2 Å². The van der Waals surface area contributed by atoms with Gasteiger partial charge in [-0.05, 0) is 12.5 Å². The highest BCUT2D eigenvalue weighted by atomic mass is 16.5. The maximum Gasteiger partial charge on any atom is 0.227 e. The lowest BCUT2D eigenvalue weighted by Crippen LogP contribution is -2.41. The molecule has 1 aromatic carbocycles. The molecule has 0 N–H and O–H groups in total. The largest absolute Gasteiger partial charge is 0.378 e. The molecule has 1 heterocycles. The summed E-state index contributed by atoms with van der Waals surface area (Å²) in [4.78, 5) is 25.4. The molecule has 1 aliphatic rings. The summed E-state index contributed by atoms with van der Waals surface area (Å²) in [7, 11) is 0. The first kappa shape index (κ1) is 12.8. The molecular weight excluding hydrogens is 230 g/mol. The standard InChI is InChI=1S/C14H17NO3/c1-11(16)13-5-3-2-4-12(13)10-14(17)15-6-8-18-9-7-15/h2-5H,6-10H2,1H3. The van der Waals surface area contributed by atoms with Crippen molar-refractivity contribution in [2.75, 3.05) is 26.3 Å². The quantitative estimate of drug-likeness (QED) is 0.756. The maximum atomic E-state index is 12.1. The van der Waals surface area contributed by atoms with E-state index in [0.717, 1.165) is 5.56 Å². The molecule has 4 heteroatoms. The third-order valence-electron chi connectivity index (χ3n) is 3.10. The molecule has 0 aliphatic carbocycles. The van der Waals surface area contributed by atoms with Crippen LogP contribution in [0.15, 0.2) is 24.3 Å². The molecule has 0 spiro atoms. The molecule has 96 valence electrons. The van der Waals surface area contributed by atoms with E-state index in [0.29, 0.717) is 31.9 Å². The van der Waals surface area contributed by atoms with Crippen LogP contribution >= 0.6 is 0 Å². The number of hydrogen-bond donors (Lipinski definition) is 0. The minimum atomic E-state index is 0.000350. The van der Waals surface area contributed by atoms with E-state index in [4.69, 9.17) is 4.74 Å². The molecule has 0 saturated carbocycles. The summed E-state index contributed by atoms with van der Waals surface area (Å²) in [6.45, 7) is 4.00. The second kappa shape index (κ2) is 5.78. The lowest BCUT2D eigenvalue weighted by molar-refractivity contribution is -0.134. The minimum Gasteiger partial charge on any atom is -0.378 e. The van der Waals surface area contributed by atoms with Crippen LogP contribution in [0.5, 0.6) is 0 Å². The van der Waals surface area contributed by atoms with Gasteiger partial charge in [0.1, 0.15) is 0 Å². The lowest BCUT2D eigenvalue weighted by atomic mass is 10.0. The van der Waals surface area contributed by atoms with Gasteiger partial charge in [0.05, 0.1) is 19.6 Å². The van der Waals surface area contributed by atoms with Crippen molar-refractivity contribution in [2.45, 2.75) is 13.3 Å². The lowest BCUT2D eigenvalue weighted by Gasteiger charge is -2.27. The number of benzene rings is 1. The SMILES string of the molecule is CC(=O)c1ccccc1CC(=O)N1CCOCC1. The van der Waals surface area contributed by atoms with E-state index in [-0.39, 0.29) is 18.1 Å². The molecule has 0 aromatic heterocycles. The second-order valence-corrected chi connectivity index (χ2v) is 4.38. The topological polar surface area (TPSA) is 46.6 Å². The van der Waals surface area contributed by atoms with Crippen molar-refractivity contribution in [1.29, 1.82) is 0 Å². The van der Waals surface area contributed by atoms with Gasteiger partial charge in [0.2, 0.25) is 5.91 Å². The fraction of sp³-hybridized carbons (Fsp3) is 0.429. The first-order valence-electron chi connectivity index (χ1n) is 6.13. The number of carbonyl (C=O) groups excluding carboxylic acids is 2. The van der Waals surface area contributed by atoms with Crippen molar-refractivity contribution in [3.63, 3.8) is 0 Å². The number of nitrogens with zero attached hydrogens (tertiary/aromatic N) is 1. The number of carbonyl (C=O) groups is 2. The maximum absolute atomic E-state index is 12.1. The molecule has 1 aliphatic heterocycles. The van der Waals surface area contributed by atoms with Crippen LogP contribution in [0.1, 0.15) is 22.8 Å². The normalized spacial score (nSPS) is 15.5. The number of Topliss-reactive ketones (excluding diaryl/α,β-unsaturated/α-hetero) is 1. The Hall–Kier alpha value is -1.68. The zero-order valence-electron chi connectivity index (χ0n) is 10.5. The van der Waals surface area contributed by atoms with E-state index in [9.17, 15) is 9.59 Å². The summed E-state index contributed by atoms with van der Waals surface area (Å²) in [5.74, 6) is 0.0624. The summed E-state index contributed by atoms with van der Waals surface area (Å²) in [5, 5.41) is 0. The molecule has 0 bridgehead atoms. The average Bonchev–Trinajstić information content (AvgIpc) is 2.40. The zero-order valence-corrected chi connectivity index (χ0v) is 10.5. The van der Waals surface area contributed by atoms with Gasteiger partial charge in [-0.2, -0.15) is 0 Å². The van der Waals surface area contributed by atoms with Crippen LogP contribution < -0.4 is 0 Å². The third kappa shape index (κ3) is 2.96. The molecule has 0 unspecified atom stereocenters. The highest BCUT2D eigenvalue weighted by Crippen LogP contribution is 2.12. The van der Waals surface area contributed by atoms with E-state index in [2.05, 4.69) is 0 Å². The monoisotopic (exact) mass is 247 g/mol. The first-order chi connectivity index (χ1) is 8.68. The molecule has 2 rings (SSSR count). The van der Waals surface area contributed by atoms with Gasteiger partial charge in [0.15, 0.2) is 5.78 Å². The van der Waals surface area contributed by atoms with Crippen molar-refractivity contribution in [3.05, 3.63) is 35.4 Å². The van der Waals surface area contributed by atoms with Crippen LogP contribution in [-0.4, -0.2) is 42.9 Å². The molecule has 1 fully saturated rings. The Balaban J connectivity index is 2.08. The number of rotatable bonds is 3. The molecule has 18 heavy (non-hydrogen) atoms. The molecule has 4 nitrogen and oxygen atoms in total. The van der Waals surface area contributed by atoms with Crippen molar-refractivity contribution in [2.24, 2.45) is 0 Å². The van der Waals surface area contributed by atoms with Crippen LogP contribution in [0.2, 0.25) is 0 Å². The van der Waals surface area contributed by atoms with Gasteiger partial charge in [-0.15, -0.1) is 0 Å². The molecule has 1 aromatic rings. The molecule has 1 amide bonds. The highest BCUT2D eigenvalue weighted by Gasteiger charge is 2.18. The number of hydrogen-bond acceptors (Lipinski definition) is 3. The molecule has 0 atom stereocenters. The van der Waals surface area contributed by atoms with Gasteiger partial charge in [-0.25, -0.2) is 0 Å². The number of ether oxygens (including phenoxy) is 1. The van der Waals surface area contributed by atoms with Gasteiger partial charge in [-0.1, -0.05) is 24.3 Å². The third-order valence-corrected chi connectivity index (χ3v) is 3.10. The van der Waals surface area contributed by atoms with Crippen molar-refractivity contribution < 1.29 is 14.3 Å². The van der Waals surface area contributed by atoms with Crippen LogP contribution in [-0.2, 0) is 16.0 Å². The predicted molar refractivity (Wildman–Crippen MR) is 67.5 cm³/mol. The van der Waals surface area contributed by atoms with E-state index < -0.39 is 0 Å². The van der Waals surface area contributed by atoms with E-state index >= 15 is 0 Å². The average molecular weight is 247 g/mol. The number of amides is 1. The van der Waals surface area contributed by atoms with Gasteiger partial charge in [0.25, 0.3) is 0 Å². The van der Waals surface area contributed by atoms with Crippen LogP contribution in [0, 0.1) is 0 Å². The predicted octanol–water partition coefficient (Wildman–Crippen LogP) is 1.29. The van der Waals surface area contributed by atoms with E-state index in [1.54, 1.807) is 11.0 Å². The first-order valence-corrected chi connectivity index (χ1v) is 6.13. The van der Waals surface area contributed by atoms with Crippen LogP contribution in [0.25, 0.3) is 0 Å². The van der Waals surface area contributed by atoms with Crippen LogP contribution in [0.4, 0.5) is 0 Å². The second-order valence-electron chi connectivity index (χ2n) is 4.38. The highest BCUT2D eigenvalue weighted by molar-refractivity contribution is 5.96. The van der Waals surface area contributed by atoms with Crippen LogP contribution in [0.3, 0.4) is 0 Å². The number of ketones is 1. The molecule has 0 radical (unpaired) electrons. The smallest absolute Gasteiger partial charge is 0.227 e. The Morgan fingerprint density at radius 1 is 1.22 bits per heavy atom.